The molecule has 34 heavy (non-hydrogen) atoms. The normalized spacial score (nSPS) is 24.7. The van der Waals surface area contributed by atoms with E-state index in [1.54, 1.807) is 0 Å². The smallest absolute Gasteiger partial charge is 0.407 e. The summed E-state index contributed by atoms with van der Waals surface area (Å²) in [6.45, 7) is 1.08. The third-order valence-corrected chi connectivity index (χ3v) is 7.63. The highest BCUT2D eigenvalue weighted by atomic mass is 16.5. The van der Waals surface area contributed by atoms with Crippen molar-refractivity contribution in [2.45, 2.75) is 31.6 Å². The molecule has 0 aliphatic heterocycles. The van der Waals surface area contributed by atoms with Crippen LogP contribution in [0.25, 0.3) is 11.1 Å². The van der Waals surface area contributed by atoms with Gasteiger partial charge in [0.05, 0.1) is 5.92 Å². The Bertz CT molecular complexity index is 1050. The third kappa shape index (κ3) is 4.52. The first kappa shape index (κ1) is 22.4. The number of ether oxygens (including phenoxy) is 1. The molecule has 2 aromatic carbocycles. The molecular weight excluding hydrogens is 432 g/mol. The first-order valence-corrected chi connectivity index (χ1v) is 12.1. The molecule has 0 saturated heterocycles. The van der Waals surface area contributed by atoms with Gasteiger partial charge in [-0.15, -0.1) is 0 Å². The highest BCUT2D eigenvalue weighted by Gasteiger charge is 2.43. The number of aliphatic carboxylic acids is 1. The molecule has 5 rings (SSSR count). The molecule has 0 heterocycles. The summed E-state index contributed by atoms with van der Waals surface area (Å²) in [5.41, 5.74) is 4.72. The van der Waals surface area contributed by atoms with Crippen molar-refractivity contribution in [3.63, 3.8) is 0 Å². The first-order chi connectivity index (χ1) is 16.5. The average molecular weight is 463 g/mol. The molecule has 3 aliphatic carbocycles. The number of benzene rings is 2. The molecule has 3 aliphatic rings. The summed E-state index contributed by atoms with van der Waals surface area (Å²) in [5.74, 6) is -1.18. The van der Waals surface area contributed by atoms with Crippen molar-refractivity contribution < 1.29 is 24.2 Å². The van der Waals surface area contributed by atoms with Crippen LogP contribution in [-0.4, -0.2) is 42.8 Å². The number of amides is 2. The number of alkyl carbamates (subject to hydrolysis) is 1. The van der Waals surface area contributed by atoms with Gasteiger partial charge in [0.25, 0.3) is 0 Å². The zero-order valence-electron chi connectivity index (χ0n) is 19.0. The fourth-order valence-electron chi connectivity index (χ4n) is 5.63. The van der Waals surface area contributed by atoms with E-state index in [1.807, 2.05) is 24.3 Å². The Hall–Kier alpha value is -3.35. The lowest BCUT2D eigenvalue weighted by Gasteiger charge is -2.20. The molecule has 0 spiro atoms. The Morgan fingerprint density at radius 2 is 1.50 bits per heavy atom. The molecule has 0 bridgehead atoms. The predicted octanol–water partition coefficient (Wildman–Crippen LogP) is 3.78. The van der Waals surface area contributed by atoms with Gasteiger partial charge in [-0.2, -0.15) is 0 Å². The number of nitrogens with one attached hydrogen (secondary N) is 2. The van der Waals surface area contributed by atoms with Crippen LogP contribution in [0.3, 0.4) is 0 Å². The lowest BCUT2D eigenvalue weighted by molar-refractivity contribution is -0.139. The van der Waals surface area contributed by atoms with Gasteiger partial charge in [0.2, 0.25) is 5.91 Å². The second-order valence-corrected chi connectivity index (χ2v) is 9.69. The largest absolute Gasteiger partial charge is 0.481 e. The van der Waals surface area contributed by atoms with Gasteiger partial charge in [-0.25, -0.2) is 4.79 Å². The molecule has 0 aromatic heterocycles. The van der Waals surface area contributed by atoms with E-state index in [0.29, 0.717) is 19.5 Å². The van der Waals surface area contributed by atoms with Crippen LogP contribution in [0.2, 0.25) is 0 Å². The Labute approximate surface area is 198 Å². The second-order valence-electron chi connectivity index (χ2n) is 9.69. The fourth-order valence-corrected chi connectivity index (χ4v) is 5.63. The number of carboxylic acid groups (broad SMARTS) is 1. The molecule has 2 aromatic rings. The van der Waals surface area contributed by atoms with E-state index < -0.39 is 12.1 Å². The van der Waals surface area contributed by atoms with Crippen molar-refractivity contribution in [1.29, 1.82) is 0 Å². The van der Waals surface area contributed by atoms with Crippen LogP contribution in [0.15, 0.2) is 48.5 Å². The predicted molar refractivity (Wildman–Crippen MR) is 126 cm³/mol. The van der Waals surface area contributed by atoms with E-state index in [2.05, 4.69) is 34.9 Å². The van der Waals surface area contributed by atoms with Gasteiger partial charge in [0.1, 0.15) is 6.61 Å². The topological polar surface area (TPSA) is 105 Å². The maximum absolute atomic E-state index is 12.6. The van der Waals surface area contributed by atoms with Crippen LogP contribution in [0, 0.1) is 23.7 Å². The van der Waals surface area contributed by atoms with Crippen molar-refractivity contribution in [2.24, 2.45) is 23.7 Å². The fraction of sp³-hybridized carbons (Fsp3) is 0.444. The zero-order valence-corrected chi connectivity index (χ0v) is 19.0. The molecule has 2 amide bonds. The van der Waals surface area contributed by atoms with Crippen molar-refractivity contribution in [3.8, 4) is 11.1 Å². The summed E-state index contributed by atoms with van der Waals surface area (Å²) < 4.78 is 5.61. The monoisotopic (exact) mass is 462 g/mol. The second kappa shape index (κ2) is 9.49. The Morgan fingerprint density at radius 1 is 0.853 bits per heavy atom. The van der Waals surface area contributed by atoms with E-state index in [-0.39, 0.29) is 42.1 Å². The summed E-state index contributed by atoms with van der Waals surface area (Å²) >= 11 is 0. The van der Waals surface area contributed by atoms with Crippen LogP contribution >= 0.6 is 0 Å². The standard InChI is InChI=1S/C27H30N2O5/c30-25(28-14-17-12-23(17)26(31)32)18-11-5-6-16(18)13-29-27(33)34-15-24-21-9-3-1-7-19(21)20-8-2-4-10-22(20)24/h1-4,7-10,16-18,23-24H,5-6,11-15H2,(H,28,30)(H,29,33)(H,31,32)/t16?,17-,18?,23-/m0/s1. The maximum Gasteiger partial charge on any atom is 0.407 e. The maximum atomic E-state index is 12.6. The SMILES string of the molecule is O=C(NCC1CCCC1C(=O)NC[C@@H]1C[C@@H]1C(=O)O)OCC1c2ccccc2-c2ccccc21. The molecule has 178 valence electrons. The molecule has 4 atom stereocenters. The number of hydrogen-bond donors (Lipinski definition) is 3. The minimum Gasteiger partial charge on any atom is -0.481 e. The minimum absolute atomic E-state index is 0.0141. The summed E-state index contributed by atoms with van der Waals surface area (Å²) in [4.78, 5) is 36.1. The molecule has 2 fully saturated rings. The van der Waals surface area contributed by atoms with Gasteiger partial charge >= 0.3 is 12.1 Å². The number of fused-ring (bicyclic) bond motifs is 3. The summed E-state index contributed by atoms with van der Waals surface area (Å²) in [6.07, 6.45) is 2.78. The van der Waals surface area contributed by atoms with E-state index in [9.17, 15) is 14.4 Å². The van der Waals surface area contributed by atoms with E-state index in [1.165, 1.54) is 22.3 Å². The average Bonchev–Trinajstić information content (AvgIpc) is 3.36. The number of carbonyl (C=O) groups is 3. The first-order valence-electron chi connectivity index (χ1n) is 12.1. The van der Waals surface area contributed by atoms with Crippen molar-refractivity contribution in [1.82, 2.24) is 10.6 Å². The van der Waals surface area contributed by atoms with Crippen molar-refractivity contribution in [3.05, 3.63) is 59.7 Å². The number of carbonyl (C=O) groups excluding carboxylic acids is 2. The molecule has 3 N–H and O–H groups in total. The molecule has 2 saturated carbocycles. The van der Waals surface area contributed by atoms with Crippen molar-refractivity contribution in [2.75, 3.05) is 19.7 Å². The Morgan fingerprint density at radius 3 is 2.15 bits per heavy atom. The lowest BCUT2D eigenvalue weighted by atomic mass is 9.95. The van der Waals surface area contributed by atoms with E-state index >= 15 is 0 Å². The molecule has 7 nitrogen and oxygen atoms in total. The third-order valence-electron chi connectivity index (χ3n) is 7.63. The van der Waals surface area contributed by atoms with Crippen LogP contribution in [-0.2, 0) is 14.3 Å². The lowest BCUT2D eigenvalue weighted by Crippen LogP contribution is -2.39. The van der Waals surface area contributed by atoms with Crippen LogP contribution < -0.4 is 10.6 Å². The minimum atomic E-state index is -0.787. The molecule has 0 radical (unpaired) electrons. The van der Waals surface area contributed by atoms with Crippen LogP contribution in [0.5, 0.6) is 0 Å². The number of rotatable bonds is 8. The Balaban J connectivity index is 1.10. The van der Waals surface area contributed by atoms with Gasteiger partial charge in [-0.1, -0.05) is 55.0 Å². The summed E-state index contributed by atoms with van der Waals surface area (Å²) in [7, 11) is 0. The van der Waals surface area contributed by atoms with Gasteiger partial charge in [-0.05, 0) is 53.4 Å². The highest BCUT2D eigenvalue weighted by Crippen LogP contribution is 2.44. The number of carboxylic acids is 1. The van der Waals surface area contributed by atoms with E-state index in [0.717, 1.165) is 19.3 Å². The zero-order chi connectivity index (χ0) is 23.7. The molecule has 2 unspecified atom stereocenters. The van der Waals surface area contributed by atoms with Crippen molar-refractivity contribution >= 4 is 18.0 Å². The van der Waals surface area contributed by atoms with E-state index in [4.69, 9.17) is 9.84 Å². The molecular formula is C27H30N2O5. The number of hydrogen-bond acceptors (Lipinski definition) is 4. The van der Waals surface area contributed by atoms with Gasteiger partial charge in [-0.3, -0.25) is 9.59 Å². The quantitative estimate of drug-likeness (QED) is 0.554. The Kier molecular flexibility index (Phi) is 6.26. The van der Waals surface area contributed by atoms with Gasteiger partial charge in [0, 0.05) is 24.9 Å². The summed E-state index contributed by atoms with van der Waals surface area (Å²) in [6, 6.07) is 16.4. The van der Waals surface area contributed by atoms with Gasteiger partial charge in [0.15, 0.2) is 0 Å². The van der Waals surface area contributed by atoms with Crippen LogP contribution in [0.1, 0.15) is 42.7 Å². The highest BCUT2D eigenvalue weighted by molar-refractivity contribution is 5.80. The van der Waals surface area contributed by atoms with Crippen LogP contribution in [0.4, 0.5) is 4.79 Å². The summed E-state index contributed by atoms with van der Waals surface area (Å²) in [5, 5.41) is 14.8. The van der Waals surface area contributed by atoms with Gasteiger partial charge < -0.3 is 20.5 Å². The molecule has 7 heteroatoms.